The fourth-order valence-corrected chi connectivity index (χ4v) is 5.84. The molecule has 0 fully saturated rings. The van der Waals surface area contributed by atoms with E-state index in [2.05, 4.69) is 24.5 Å². The van der Waals surface area contributed by atoms with Gasteiger partial charge in [-0.3, -0.25) is 9.59 Å². The smallest absolute Gasteiger partial charge is 0.266 e. The summed E-state index contributed by atoms with van der Waals surface area (Å²) in [6, 6.07) is 14.0. The van der Waals surface area contributed by atoms with Gasteiger partial charge in [0.05, 0.1) is 16.8 Å². The summed E-state index contributed by atoms with van der Waals surface area (Å²) >= 11 is 0. The highest BCUT2D eigenvalue weighted by molar-refractivity contribution is 6.45. The van der Waals surface area contributed by atoms with Crippen LogP contribution >= 0.6 is 12.4 Å². The molecule has 0 saturated heterocycles. The molecule has 0 saturated carbocycles. The Morgan fingerprint density at radius 2 is 1.72 bits per heavy atom. The first kappa shape index (κ1) is 24.3. The number of carbonyl (C=O) groups excluding carboxylic acids is 2. The minimum atomic E-state index is -0.285. The zero-order valence-corrected chi connectivity index (χ0v) is 21.6. The number of aryl methyl sites for hydroxylation is 2. The van der Waals surface area contributed by atoms with Gasteiger partial charge in [-0.25, -0.2) is 4.90 Å². The van der Waals surface area contributed by atoms with Gasteiger partial charge in [0.25, 0.3) is 11.8 Å². The van der Waals surface area contributed by atoms with Gasteiger partial charge in [0.2, 0.25) is 0 Å². The Balaban J connectivity index is 0.00000267. The topological polar surface area (TPSA) is 73.3 Å². The van der Waals surface area contributed by atoms with Crippen LogP contribution in [0.15, 0.2) is 54.7 Å². The monoisotopic (exact) mass is 502 g/mol. The Kier molecular flexibility index (Phi) is 6.05. The molecule has 2 aliphatic rings. The van der Waals surface area contributed by atoms with Crippen LogP contribution in [0.4, 0.5) is 5.69 Å². The van der Waals surface area contributed by atoms with Crippen molar-refractivity contribution in [2.24, 2.45) is 18.7 Å². The second-order valence-electron chi connectivity index (χ2n) is 10.1. The molecule has 2 amide bonds. The van der Waals surface area contributed by atoms with Gasteiger partial charge in [0, 0.05) is 59.5 Å². The van der Waals surface area contributed by atoms with Gasteiger partial charge in [0.15, 0.2) is 0 Å². The number of hydrogen-bond acceptors (Lipinski definition) is 3. The van der Waals surface area contributed by atoms with E-state index in [1.165, 1.54) is 11.0 Å². The number of imide groups is 1. The Bertz CT molecular complexity index is 1560. The zero-order chi connectivity index (χ0) is 24.4. The lowest BCUT2D eigenvalue weighted by Crippen LogP contribution is -2.32. The summed E-state index contributed by atoms with van der Waals surface area (Å²) in [6.07, 6.45) is 6.40. The van der Waals surface area contributed by atoms with Crippen molar-refractivity contribution in [1.82, 2.24) is 9.13 Å². The van der Waals surface area contributed by atoms with Gasteiger partial charge in [-0.2, -0.15) is 0 Å². The molecule has 0 radical (unpaired) electrons. The summed E-state index contributed by atoms with van der Waals surface area (Å²) in [6.45, 7) is 5.09. The van der Waals surface area contributed by atoms with E-state index in [9.17, 15) is 9.59 Å². The molecule has 0 spiro atoms. The van der Waals surface area contributed by atoms with Gasteiger partial charge >= 0.3 is 0 Å². The molecular formula is C29H31ClN4O2. The van der Waals surface area contributed by atoms with E-state index in [1.807, 2.05) is 54.2 Å². The van der Waals surface area contributed by atoms with Crippen LogP contribution in [-0.2, 0) is 29.6 Å². The summed E-state index contributed by atoms with van der Waals surface area (Å²) < 4.78 is 4.29. The second kappa shape index (κ2) is 8.95. The number of rotatable bonds is 4. The number of nitrogens with two attached hydrogens (primary N) is 1. The largest absolute Gasteiger partial charge is 0.350 e. The minimum absolute atomic E-state index is 0. The van der Waals surface area contributed by atoms with E-state index in [1.54, 1.807) is 0 Å². The summed E-state index contributed by atoms with van der Waals surface area (Å²) in [4.78, 5) is 28.9. The molecule has 0 aliphatic carbocycles. The number of para-hydroxylation sites is 1. The van der Waals surface area contributed by atoms with E-state index in [0.29, 0.717) is 5.57 Å². The molecule has 1 atom stereocenters. The van der Waals surface area contributed by atoms with Crippen LogP contribution < -0.4 is 10.6 Å². The number of nitrogens with zero attached hydrogens (tertiary/aromatic N) is 3. The maximum Gasteiger partial charge on any atom is 0.266 e. The van der Waals surface area contributed by atoms with E-state index < -0.39 is 0 Å². The normalized spacial score (nSPS) is 16.6. The highest BCUT2D eigenvalue weighted by Crippen LogP contribution is 2.44. The van der Waals surface area contributed by atoms with Gasteiger partial charge in [-0.15, -0.1) is 12.4 Å². The van der Waals surface area contributed by atoms with Crippen LogP contribution in [0.25, 0.3) is 27.4 Å². The zero-order valence-electron chi connectivity index (χ0n) is 20.8. The van der Waals surface area contributed by atoms with Crippen LogP contribution in [0.5, 0.6) is 0 Å². The molecule has 0 unspecified atom stereocenters. The first-order valence-corrected chi connectivity index (χ1v) is 12.4. The number of carbonyl (C=O) groups is 2. The number of aromatic nitrogens is 2. The summed E-state index contributed by atoms with van der Waals surface area (Å²) in [5.74, 6) is -0.327. The van der Waals surface area contributed by atoms with Crippen LogP contribution in [0.2, 0.25) is 0 Å². The van der Waals surface area contributed by atoms with Crippen molar-refractivity contribution in [3.63, 3.8) is 0 Å². The number of anilines is 1. The molecule has 2 aliphatic heterocycles. The SMILES string of the molecule is CC(C)[C@@H](N)c1cccc2c1c(N1C(=O)C=C(c3cn(C)c4ccccc34)C1=O)c1n2CCCC1.Cl. The van der Waals surface area contributed by atoms with Crippen molar-refractivity contribution < 1.29 is 9.59 Å². The van der Waals surface area contributed by atoms with E-state index in [0.717, 1.165) is 70.1 Å². The van der Waals surface area contributed by atoms with E-state index in [4.69, 9.17) is 5.73 Å². The number of fused-ring (bicyclic) bond motifs is 4. The molecule has 2 N–H and O–H groups in total. The Labute approximate surface area is 216 Å². The lowest BCUT2D eigenvalue weighted by molar-refractivity contribution is -0.119. The molecule has 7 heteroatoms. The predicted molar refractivity (Wildman–Crippen MR) is 147 cm³/mol. The molecule has 4 heterocycles. The van der Waals surface area contributed by atoms with Gasteiger partial charge in [0.1, 0.15) is 0 Å². The van der Waals surface area contributed by atoms with Crippen molar-refractivity contribution in [2.45, 2.75) is 45.7 Å². The molecular weight excluding hydrogens is 472 g/mol. The number of amides is 2. The third-order valence-corrected chi connectivity index (χ3v) is 7.66. The highest BCUT2D eigenvalue weighted by atomic mass is 35.5. The molecule has 0 bridgehead atoms. The first-order chi connectivity index (χ1) is 16.9. The molecule has 2 aromatic heterocycles. The van der Waals surface area contributed by atoms with Crippen LogP contribution in [0, 0.1) is 5.92 Å². The third-order valence-electron chi connectivity index (χ3n) is 7.66. The van der Waals surface area contributed by atoms with E-state index in [-0.39, 0.29) is 36.2 Å². The standard InChI is InChI=1S/C29H30N4O2.ClH/c1-17(2)27(30)19-10-8-13-23-26(19)28(24-12-6-7-14-32(23)24)33-25(34)15-20(29(33)35)21-16-31(3)22-11-5-4-9-18(21)22;/h4-5,8-11,13,15-17,27H,6-7,12,14,30H2,1-3H3;1H/t27-;/m1./s1. The molecule has 186 valence electrons. The third kappa shape index (κ3) is 3.43. The van der Waals surface area contributed by atoms with Crippen molar-refractivity contribution >= 4 is 57.3 Å². The van der Waals surface area contributed by atoms with Gasteiger partial charge in [-0.05, 0) is 42.9 Å². The van der Waals surface area contributed by atoms with E-state index >= 15 is 0 Å². The lowest BCUT2D eigenvalue weighted by atomic mass is 9.93. The van der Waals surface area contributed by atoms with Crippen molar-refractivity contribution in [2.75, 3.05) is 4.90 Å². The fraction of sp³-hybridized carbons (Fsp3) is 0.310. The maximum atomic E-state index is 14.0. The summed E-state index contributed by atoms with van der Waals surface area (Å²) in [5, 5.41) is 1.91. The number of halogens is 1. The van der Waals surface area contributed by atoms with Crippen LogP contribution in [0.1, 0.15) is 49.6 Å². The maximum absolute atomic E-state index is 14.0. The first-order valence-electron chi connectivity index (χ1n) is 12.4. The Morgan fingerprint density at radius 3 is 2.50 bits per heavy atom. The number of benzene rings is 2. The van der Waals surface area contributed by atoms with Crippen molar-refractivity contribution in [3.05, 3.63) is 71.6 Å². The van der Waals surface area contributed by atoms with Crippen molar-refractivity contribution in [3.8, 4) is 0 Å². The minimum Gasteiger partial charge on any atom is -0.350 e. The van der Waals surface area contributed by atoms with Gasteiger partial charge < -0.3 is 14.9 Å². The molecule has 2 aromatic carbocycles. The molecule has 4 aromatic rings. The average molecular weight is 503 g/mol. The van der Waals surface area contributed by atoms with Crippen molar-refractivity contribution in [1.29, 1.82) is 0 Å². The lowest BCUT2D eigenvalue weighted by Gasteiger charge is -2.22. The summed E-state index contributed by atoms with van der Waals surface area (Å²) in [7, 11) is 1.96. The van der Waals surface area contributed by atoms with Gasteiger partial charge in [-0.1, -0.05) is 44.2 Å². The average Bonchev–Trinajstić information content (AvgIpc) is 3.47. The number of hydrogen-bond donors (Lipinski definition) is 1. The Morgan fingerprint density at radius 1 is 0.972 bits per heavy atom. The molecule has 6 nitrogen and oxygen atoms in total. The second-order valence-corrected chi connectivity index (χ2v) is 10.1. The van der Waals surface area contributed by atoms with Crippen LogP contribution in [-0.4, -0.2) is 20.9 Å². The summed E-state index contributed by atoms with van der Waals surface area (Å²) in [5.41, 5.74) is 12.8. The van der Waals surface area contributed by atoms with Crippen LogP contribution in [0.3, 0.4) is 0 Å². The highest BCUT2D eigenvalue weighted by Gasteiger charge is 2.39. The fourth-order valence-electron chi connectivity index (χ4n) is 5.84. The molecule has 36 heavy (non-hydrogen) atoms. The Hall–Kier alpha value is -3.35. The quantitative estimate of drug-likeness (QED) is 0.374. The predicted octanol–water partition coefficient (Wildman–Crippen LogP) is 5.50. The molecule has 6 rings (SSSR count).